The van der Waals surface area contributed by atoms with E-state index in [0.29, 0.717) is 12.0 Å². The summed E-state index contributed by atoms with van der Waals surface area (Å²) >= 11 is 0. The van der Waals surface area contributed by atoms with Crippen LogP contribution >= 0.6 is 0 Å². The minimum atomic E-state index is -0.562. The van der Waals surface area contributed by atoms with Crippen LogP contribution in [0.2, 0.25) is 0 Å². The molecule has 0 aliphatic rings. The first-order valence-corrected chi connectivity index (χ1v) is 5.75. The summed E-state index contributed by atoms with van der Waals surface area (Å²) in [5.74, 6) is -1.09. The lowest BCUT2D eigenvalue weighted by Crippen LogP contribution is -2.25. The van der Waals surface area contributed by atoms with Crippen LogP contribution in [0.5, 0.6) is 0 Å². The van der Waals surface area contributed by atoms with Gasteiger partial charge in [-0.25, -0.2) is 8.78 Å². The van der Waals surface area contributed by atoms with Crippen molar-refractivity contribution in [1.29, 1.82) is 0 Å². The summed E-state index contributed by atoms with van der Waals surface area (Å²) < 4.78 is 31.2. The van der Waals surface area contributed by atoms with Gasteiger partial charge in [0, 0.05) is 19.2 Å². The SMILES string of the molecule is COC(C)CCC(N)Cc1ccc(F)cc1F. The van der Waals surface area contributed by atoms with Crippen molar-refractivity contribution in [2.75, 3.05) is 7.11 Å². The summed E-state index contributed by atoms with van der Waals surface area (Å²) in [5, 5.41) is 0. The van der Waals surface area contributed by atoms with Crippen LogP contribution in [0.4, 0.5) is 8.78 Å². The van der Waals surface area contributed by atoms with Crippen LogP contribution < -0.4 is 5.73 Å². The first-order valence-electron chi connectivity index (χ1n) is 5.75. The molecule has 2 atom stereocenters. The molecular weight excluding hydrogens is 224 g/mol. The van der Waals surface area contributed by atoms with E-state index in [4.69, 9.17) is 10.5 Å². The molecule has 4 heteroatoms. The molecular formula is C13H19F2NO. The number of ether oxygens (including phenoxy) is 1. The molecule has 0 aliphatic heterocycles. The third-order valence-electron chi connectivity index (χ3n) is 2.84. The molecule has 2 nitrogen and oxygen atoms in total. The summed E-state index contributed by atoms with van der Waals surface area (Å²) in [4.78, 5) is 0. The molecule has 2 unspecified atom stereocenters. The average Bonchev–Trinajstić information content (AvgIpc) is 2.29. The first-order chi connectivity index (χ1) is 8.02. The van der Waals surface area contributed by atoms with Gasteiger partial charge in [-0.05, 0) is 37.8 Å². The van der Waals surface area contributed by atoms with E-state index in [1.54, 1.807) is 7.11 Å². The second-order valence-electron chi connectivity index (χ2n) is 4.32. The fourth-order valence-electron chi connectivity index (χ4n) is 1.64. The minimum Gasteiger partial charge on any atom is -0.382 e. The molecule has 0 radical (unpaired) electrons. The molecule has 0 saturated carbocycles. The van der Waals surface area contributed by atoms with E-state index >= 15 is 0 Å². The third kappa shape index (κ3) is 4.79. The van der Waals surface area contributed by atoms with Crippen LogP contribution in [0.15, 0.2) is 18.2 Å². The zero-order chi connectivity index (χ0) is 12.8. The van der Waals surface area contributed by atoms with Gasteiger partial charge in [-0.15, -0.1) is 0 Å². The molecule has 0 spiro atoms. The minimum absolute atomic E-state index is 0.132. The van der Waals surface area contributed by atoms with Crippen molar-refractivity contribution in [2.45, 2.75) is 38.3 Å². The van der Waals surface area contributed by atoms with Crippen LogP contribution in [0, 0.1) is 11.6 Å². The molecule has 0 bridgehead atoms. The Morgan fingerprint density at radius 1 is 1.29 bits per heavy atom. The Balaban J connectivity index is 2.47. The summed E-state index contributed by atoms with van der Waals surface area (Å²) in [6, 6.07) is 3.46. The van der Waals surface area contributed by atoms with Crippen molar-refractivity contribution in [3.8, 4) is 0 Å². The number of hydrogen-bond acceptors (Lipinski definition) is 2. The molecule has 2 N–H and O–H groups in total. The smallest absolute Gasteiger partial charge is 0.129 e. The maximum atomic E-state index is 13.4. The van der Waals surface area contributed by atoms with Crippen LogP contribution in [0.25, 0.3) is 0 Å². The molecule has 0 fully saturated rings. The molecule has 96 valence electrons. The van der Waals surface area contributed by atoms with Gasteiger partial charge in [0.1, 0.15) is 11.6 Å². The van der Waals surface area contributed by atoms with Crippen molar-refractivity contribution >= 4 is 0 Å². The Morgan fingerprint density at radius 3 is 2.59 bits per heavy atom. The number of methoxy groups -OCH3 is 1. The van der Waals surface area contributed by atoms with Gasteiger partial charge in [-0.3, -0.25) is 0 Å². The number of halogens is 2. The Labute approximate surface area is 101 Å². The quantitative estimate of drug-likeness (QED) is 0.833. The Kier molecular flexibility index (Phi) is 5.51. The van der Waals surface area contributed by atoms with Crippen molar-refractivity contribution < 1.29 is 13.5 Å². The van der Waals surface area contributed by atoms with E-state index in [1.807, 2.05) is 6.92 Å². The number of rotatable bonds is 6. The van der Waals surface area contributed by atoms with E-state index in [0.717, 1.165) is 18.9 Å². The highest BCUT2D eigenvalue weighted by Gasteiger charge is 2.10. The monoisotopic (exact) mass is 243 g/mol. The zero-order valence-corrected chi connectivity index (χ0v) is 10.2. The standard InChI is InChI=1S/C13H19F2NO/c1-9(17-2)3-6-12(16)7-10-4-5-11(14)8-13(10)15/h4-5,8-9,12H,3,6-7,16H2,1-2H3. The average molecular weight is 243 g/mol. The predicted octanol–water partition coefficient (Wildman–Crippen LogP) is 2.65. The van der Waals surface area contributed by atoms with E-state index < -0.39 is 11.6 Å². The van der Waals surface area contributed by atoms with Crippen molar-refractivity contribution in [2.24, 2.45) is 5.73 Å². The third-order valence-corrected chi connectivity index (χ3v) is 2.84. The topological polar surface area (TPSA) is 35.2 Å². The molecule has 1 aromatic rings. The maximum absolute atomic E-state index is 13.4. The van der Waals surface area contributed by atoms with Gasteiger partial charge < -0.3 is 10.5 Å². The van der Waals surface area contributed by atoms with Crippen LogP contribution in [-0.4, -0.2) is 19.3 Å². The first kappa shape index (κ1) is 14.1. The second kappa shape index (κ2) is 6.67. The van der Waals surface area contributed by atoms with E-state index in [2.05, 4.69) is 0 Å². The van der Waals surface area contributed by atoms with Crippen LogP contribution in [0.3, 0.4) is 0 Å². The van der Waals surface area contributed by atoms with E-state index in [-0.39, 0.29) is 12.1 Å². The largest absolute Gasteiger partial charge is 0.382 e. The van der Waals surface area contributed by atoms with Gasteiger partial charge in [-0.2, -0.15) is 0 Å². The summed E-state index contributed by atoms with van der Waals surface area (Å²) in [6.45, 7) is 1.96. The number of hydrogen-bond donors (Lipinski definition) is 1. The lowest BCUT2D eigenvalue weighted by molar-refractivity contribution is 0.107. The molecule has 0 amide bonds. The Hall–Kier alpha value is -1.00. The fraction of sp³-hybridized carbons (Fsp3) is 0.538. The van der Waals surface area contributed by atoms with Gasteiger partial charge in [0.15, 0.2) is 0 Å². The molecule has 17 heavy (non-hydrogen) atoms. The fourth-order valence-corrected chi connectivity index (χ4v) is 1.64. The molecule has 0 aromatic heterocycles. The molecule has 0 saturated heterocycles. The van der Waals surface area contributed by atoms with Gasteiger partial charge in [-0.1, -0.05) is 6.07 Å². The molecule has 0 heterocycles. The van der Waals surface area contributed by atoms with Crippen LogP contribution in [0.1, 0.15) is 25.3 Å². The van der Waals surface area contributed by atoms with Gasteiger partial charge in [0.25, 0.3) is 0 Å². The lowest BCUT2D eigenvalue weighted by atomic mass is 10.0. The highest BCUT2D eigenvalue weighted by molar-refractivity contribution is 5.19. The van der Waals surface area contributed by atoms with Gasteiger partial charge in [0.05, 0.1) is 6.10 Å². The lowest BCUT2D eigenvalue weighted by Gasteiger charge is -2.15. The Bertz CT molecular complexity index is 357. The second-order valence-corrected chi connectivity index (χ2v) is 4.32. The van der Waals surface area contributed by atoms with E-state index in [9.17, 15) is 8.78 Å². The number of nitrogens with two attached hydrogens (primary N) is 1. The van der Waals surface area contributed by atoms with Crippen molar-refractivity contribution in [1.82, 2.24) is 0 Å². The molecule has 1 rings (SSSR count). The summed E-state index contributed by atoms with van der Waals surface area (Å²) in [7, 11) is 1.65. The Morgan fingerprint density at radius 2 is 2.00 bits per heavy atom. The van der Waals surface area contributed by atoms with Crippen molar-refractivity contribution in [3.05, 3.63) is 35.4 Å². The maximum Gasteiger partial charge on any atom is 0.129 e. The van der Waals surface area contributed by atoms with Gasteiger partial charge >= 0.3 is 0 Å². The zero-order valence-electron chi connectivity index (χ0n) is 10.2. The van der Waals surface area contributed by atoms with E-state index in [1.165, 1.54) is 12.1 Å². The molecule has 1 aromatic carbocycles. The summed E-state index contributed by atoms with van der Waals surface area (Å²) in [5.41, 5.74) is 6.36. The predicted molar refractivity (Wildman–Crippen MR) is 63.7 cm³/mol. The molecule has 0 aliphatic carbocycles. The normalized spacial score (nSPS) is 14.6. The van der Waals surface area contributed by atoms with Crippen LogP contribution in [-0.2, 0) is 11.2 Å². The highest BCUT2D eigenvalue weighted by Crippen LogP contribution is 2.13. The van der Waals surface area contributed by atoms with Gasteiger partial charge in [0.2, 0.25) is 0 Å². The summed E-state index contributed by atoms with van der Waals surface area (Å²) in [6.07, 6.45) is 2.16. The van der Waals surface area contributed by atoms with Crippen molar-refractivity contribution in [3.63, 3.8) is 0 Å². The highest BCUT2D eigenvalue weighted by atomic mass is 19.1. The number of benzene rings is 1.